The molecule has 2 aliphatic heterocycles. The lowest BCUT2D eigenvalue weighted by molar-refractivity contribution is -0.119. The highest BCUT2D eigenvalue weighted by Gasteiger charge is 2.51. The zero-order valence-electron chi connectivity index (χ0n) is 25.2. The standard InChI is InChI=1S/C36H47N3O3/c1-2-3-8-33(37-36-22-25-19-26(23-36)21-27(20-25)24-36)42-31-12-9-29(10-13-31)35(41)38-17-15-30(16-18-38)39-32-7-5-4-6-28(32)11-14-34(39)40/h4-7,9-10,12-13,25-27,30,33,37H,2-3,8,11,14-24H2,1H3. The molecular weight excluding hydrogens is 522 g/mol. The van der Waals surface area contributed by atoms with Gasteiger partial charge in [0.15, 0.2) is 6.23 Å². The maximum absolute atomic E-state index is 13.4. The normalized spacial score (nSPS) is 29.5. The smallest absolute Gasteiger partial charge is 0.253 e. The van der Waals surface area contributed by atoms with E-state index in [1.807, 2.05) is 40.1 Å². The number of para-hydroxylation sites is 1. The van der Waals surface area contributed by atoms with Crippen LogP contribution in [0.25, 0.3) is 0 Å². The number of carbonyl (C=O) groups excluding carboxylic acids is 2. The molecule has 2 amide bonds. The first-order valence-electron chi connectivity index (χ1n) is 16.7. The van der Waals surface area contributed by atoms with Crippen molar-refractivity contribution in [2.24, 2.45) is 17.8 Å². The van der Waals surface area contributed by atoms with E-state index in [1.54, 1.807) is 0 Å². The summed E-state index contributed by atoms with van der Waals surface area (Å²) in [6.07, 6.45) is 14.6. The van der Waals surface area contributed by atoms with Gasteiger partial charge in [0.05, 0.1) is 0 Å². The predicted octanol–water partition coefficient (Wildman–Crippen LogP) is 6.72. The summed E-state index contributed by atoms with van der Waals surface area (Å²) < 4.78 is 6.58. The van der Waals surface area contributed by atoms with Crippen molar-refractivity contribution in [3.05, 3.63) is 59.7 Å². The monoisotopic (exact) mass is 569 g/mol. The summed E-state index contributed by atoms with van der Waals surface area (Å²) in [6.45, 7) is 3.58. The molecule has 224 valence electrons. The average molecular weight is 570 g/mol. The Kier molecular flexibility index (Phi) is 7.76. The molecule has 6 heteroatoms. The molecular formula is C36H47N3O3. The van der Waals surface area contributed by atoms with Crippen LogP contribution < -0.4 is 15.0 Å². The fourth-order valence-electron chi connectivity index (χ4n) is 9.38. The number of ether oxygens (including phenoxy) is 1. The van der Waals surface area contributed by atoms with Gasteiger partial charge >= 0.3 is 0 Å². The van der Waals surface area contributed by atoms with Gasteiger partial charge in [0, 0.05) is 42.3 Å². The highest BCUT2D eigenvalue weighted by molar-refractivity contribution is 5.97. The fourth-order valence-corrected chi connectivity index (χ4v) is 9.38. The van der Waals surface area contributed by atoms with Gasteiger partial charge in [-0.3, -0.25) is 14.9 Å². The Balaban J connectivity index is 0.964. The third-order valence-corrected chi connectivity index (χ3v) is 10.9. The van der Waals surface area contributed by atoms with Crippen LogP contribution in [0.2, 0.25) is 0 Å². The largest absolute Gasteiger partial charge is 0.475 e. The van der Waals surface area contributed by atoms with Crippen LogP contribution >= 0.6 is 0 Å². The Bertz CT molecular complexity index is 1250. The molecule has 0 aromatic heterocycles. The van der Waals surface area contributed by atoms with Crippen molar-refractivity contribution < 1.29 is 14.3 Å². The topological polar surface area (TPSA) is 61.9 Å². The Morgan fingerprint density at radius 2 is 1.62 bits per heavy atom. The van der Waals surface area contributed by atoms with Gasteiger partial charge in [0.1, 0.15) is 5.75 Å². The molecule has 2 aromatic rings. The molecule has 1 atom stereocenters. The van der Waals surface area contributed by atoms with E-state index in [0.29, 0.717) is 25.1 Å². The summed E-state index contributed by atoms with van der Waals surface area (Å²) in [7, 11) is 0. The number of amides is 2. The molecule has 42 heavy (non-hydrogen) atoms. The SMILES string of the molecule is CCCCC(NC12CC3CC(CC(C3)C1)C2)Oc1ccc(C(=O)N2CCC(N3C(=O)CCc4ccccc43)CC2)cc1. The Morgan fingerprint density at radius 1 is 0.952 bits per heavy atom. The molecule has 1 N–H and O–H groups in total. The fraction of sp³-hybridized carbons (Fsp3) is 0.611. The molecule has 2 aromatic carbocycles. The third kappa shape index (κ3) is 5.59. The lowest BCUT2D eigenvalue weighted by Crippen LogP contribution is -2.61. The third-order valence-electron chi connectivity index (χ3n) is 10.9. The van der Waals surface area contributed by atoms with E-state index >= 15 is 0 Å². The molecule has 4 bridgehead atoms. The summed E-state index contributed by atoms with van der Waals surface area (Å²) in [4.78, 5) is 30.3. The molecule has 1 unspecified atom stereocenters. The number of hydrogen-bond donors (Lipinski definition) is 1. The van der Waals surface area contributed by atoms with Gasteiger partial charge in [-0.15, -0.1) is 0 Å². The maximum atomic E-state index is 13.4. The number of nitrogens with one attached hydrogen (secondary N) is 1. The van der Waals surface area contributed by atoms with Crippen molar-refractivity contribution >= 4 is 17.5 Å². The number of aryl methyl sites for hydroxylation is 1. The first-order chi connectivity index (χ1) is 20.5. The zero-order valence-corrected chi connectivity index (χ0v) is 25.2. The average Bonchev–Trinajstić information content (AvgIpc) is 2.99. The molecule has 0 spiro atoms. The number of carbonyl (C=O) groups is 2. The predicted molar refractivity (Wildman–Crippen MR) is 166 cm³/mol. The van der Waals surface area contributed by atoms with Crippen LogP contribution in [0.5, 0.6) is 5.75 Å². The van der Waals surface area contributed by atoms with E-state index in [9.17, 15) is 9.59 Å². The summed E-state index contributed by atoms with van der Waals surface area (Å²) in [5.41, 5.74) is 3.28. The summed E-state index contributed by atoms with van der Waals surface area (Å²) in [6, 6.07) is 16.2. The molecule has 6 aliphatic rings. The number of hydrogen-bond acceptors (Lipinski definition) is 4. The van der Waals surface area contributed by atoms with Crippen molar-refractivity contribution in [1.82, 2.24) is 10.2 Å². The van der Waals surface area contributed by atoms with Gasteiger partial charge in [0.2, 0.25) is 5.91 Å². The van der Waals surface area contributed by atoms with E-state index in [1.165, 1.54) is 44.1 Å². The molecule has 6 nitrogen and oxygen atoms in total. The molecule has 0 radical (unpaired) electrons. The maximum Gasteiger partial charge on any atom is 0.253 e. The highest BCUT2D eigenvalue weighted by Crippen LogP contribution is 2.55. The minimum atomic E-state index is 0.0180. The van der Waals surface area contributed by atoms with Crippen LogP contribution in [0.15, 0.2) is 48.5 Å². The van der Waals surface area contributed by atoms with Crippen LogP contribution in [-0.2, 0) is 11.2 Å². The summed E-state index contributed by atoms with van der Waals surface area (Å²) >= 11 is 0. The van der Waals surface area contributed by atoms with Gasteiger partial charge in [0.25, 0.3) is 5.91 Å². The second-order valence-corrected chi connectivity index (χ2v) is 14.0. The number of piperidine rings is 1. The van der Waals surface area contributed by atoms with E-state index in [2.05, 4.69) is 30.4 Å². The minimum Gasteiger partial charge on any atom is -0.475 e. The van der Waals surface area contributed by atoms with E-state index in [4.69, 9.17) is 4.74 Å². The van der Waals surface area contributed by atoms with Gasteiger partial charge in [-0.25, -0.2) is 0 Å². The van der Waals surface area contributed by atoms with Crippen molar-refractivity contribution in [3.63, 3.8) is 0 Å². The van der Waals surface area contributed by atoms with Crippen molar-refractivity contribution in [2.75, 3.05) is 18.0 Å². The first-order valence-corrected chi connectivity index (χ1v) is 16.7. The van der Waals surface area contributed by atoms with Crippen molar-refractivity contribution in [2.45, 2.75) is 108 Å². The first kappa shape index (κ1) is 27.9. The van der Waals surface area contributed by atoms with E-state index in [0.717, 1.165) is 67.7 Å². The Hall–Kier alpha value is -2.86. The molecule has 1 saturated heterocycles. The number of likely N-dealkylation sites (tertiary alicyclic amines) is 1. The van der Waals surface area contributed by atoms with Gasteiger partial charge in [-0.1, -0.05) is 31.5 Å². The van der Waals surface area contributed by atoms with Crippen LogP contribution in [0, 0.1) is 17.8 Å². The van der Waals surface area contributed by atoms with Gasteiger partial charge < -0.3 is 14.5 Å². The molecule has 4 saturated carbocycles. The lowest BCUT2D eigenvalue weighted by atomic mass is 9.53. The number of benzene rings is 2. The Morgan fingerprint density at radius 3 is 2.29 bits per heavy atom. The zero-order chi connectivity index (χ0) is 28.7. The van der Waals surface area contributed by atoms with Crippen LogP contribution in [0.4, 0.5) is 5.69 Å². The second kappa shape index (κ2) is 11.7. The number of nitrogens with zero attached hydrogens (tertiary/aromatic N) is 2. The molecule has 4 aliphatic carbocycles. The summed E-state index contributed by atoms with van der Waals surface area (Å²) in [5.74, 6) is 3.83. The number of rotatable bonds is 9. The Labute approximate surface area is 251 Å². The van der Waals surface area contributed by atoms with E-state index < -0.39 is 0 Å². The van der Waals surface area contributed by atoms with Gasteiger partial charge in [-0.2, -0.15) is 0 Å². The summed E-state index contributed by atoms with van der Waals surface area (Å²) in [5, 5.41) is 4.05. The molecule has 5 fully saturated rings. The van der Waals surface area contributed by atoms with Crippen LogP contribution in [-0.4, -0.2) is 47.6 Å². The van der Waals surface area contributed by atoms with Crippen molar-refractivity contribution in [1.29, 1.82) is 0 Å². The van der Waals surface area contributed by atoms with Crippen molar-refractivity contribution in [3.8, 4) is 5.75 Å². The van der Waals surface area contributed by atoms with E-state index in [-0.39, 0.29) is 29.6 Å². The number of anilines is 1. The lowest BCUT2D eigenvalue weighted by Gasteiger charge is -2.57. The number of unbranched alkanes of at least 4 members (excludes halogenated alkanes) is 1. The van der Waals surface area contributed by atoms with Crippen LogP contribution in [0.1, 0.15) is 99.9 Å². The van der Waals surface area contributed by atoms with Gasteiger partial charge in [-0.05, 0) is 124 Å². The number of fused-ring (bicyclic) bond motifs is 1. The minimum absolute atomic E-state index is 0.0180. The molecule has 8 rings (SSSR count). The quantitative estimate of drug-likeness (QED) is 0.341. The highest BCUT2D eigenvalue weighted by atomic mass is 16.5. The molecule has 2 heterocycles. The van der Waals surface area contributed by atoms with Crippen LogP contribution in [0.3, 0.4) is 0 Å². The second-order valence-electron chi connectivity index (χ2n) is 14.0.